The minimum Gasteiger partial charge on any atom is -0.495 e. The van der Waals surface area contributed by atoms with E-state index in [-0.39, 0.29) is 5.78 Å². The molecule has 1 aromatic rings. The Bertz CT molecular complexity index is 447. The number of benzene rings is 1. The molecule has 0 aliphatic rings. The fourth-order valence-corrected chi connectivity index (χ4v) is 3.18. The number of ether oxygens (including phenoxy) is 2. The SMILES string of the molecule is COc1ccc(C(=O)CSCC(C)C)c(OC)c1Br. The van der Waals surface area contributed by atoms with Crippen LogP contribution in [0.4, 0.5) is 0 Å². The Morgan fingerprint density at radius 2 is 2.00 bits per heavy atom. The van der Waals surface area contributed by atoms with Crippen LogP contribution in [0.25, 0.3) is 0 Å². The molecule has 0 aliphatic heterocycles. The van der Waals surface area contributed by atoms with Crippen LogP contribution in [-0.4, -0.2) is 31.5 Å². The van der Waals surface area contributed by atoms with Gasteiger partial charge in [-0.15, -0.1) is 0 Å². The molecule has 0 atom stereocenters. The summed E-state index contributed by atoms with van der Waals surface area (Å²) in [5.74, 6) is 3.30. The normalized spacial score (nSPS) is 10.6. The van der Waals surface area contributed by atoms with E-state index in [1.54, 1.807) is 38.1 Å². The zero-order chi connectivity index (χ0) is 14.4. The lowest BCUT2D eigenvalue weighted by Gasteiger charge is -2.12. The average Bonchev–Trinajstić information content (AvgIpc) is 2.37. The molecule has 0 heterocycles. The molecular weight excluding hydrogens is 328 g/mol. The quantitative estimate of drug-likeness (QED) is 0.698. The molecule has 0 radical (unpaired) electrons. The molecule has 0 N–H and O–H groups in total. The fraction of sp³-hybridized carbons (Fsp3) is 0.500. The summed E-state index contributed by atoms with van der Waals surface area (Å²) in [5, 5.41) is 0. The Morgan fingerprint density at radius 1 is 1.32 bits per heavy atom. The minimum atomic E-state index is 0.0749. The number of methoxy groups -OCH3 is 2. The van der Waals surface area contributed by atoms with Crippen LogP contribution >= 0.6 is 27.7 Å². The zero-order valence-corrected chi connectivity index (χ0v) is 14.1. The molecule has 106 valence electrons. The van der Waals surface area contributed by atoms with Crippen LogP contribution in [0.1, 0.15) is 24.2 Å². The second-order valence-corrected chi connectivity index (χ2v) is 6.32. The van der Waals surface area contributed by atoms with Crippen molar-refractivity contribution in [2.75, 3.05) is 25.7 Å². The fourth-order valence-electron chi connectivity index (χ4n) is 1.58. The summed E-state index contributed by atoms with van der Waals surface area (Å²) < 4.78 is 11.2. The van der Waals surface area contributed by atoms with Crippen molar-refractivity contribution >= 4 is 33.5 Å². The highest BCUT2D eigenvalue weighted by Gasteiger charge is 2.18. The molecule has 1 aromatic carbocycles. The van der Waals surface area contributed by atoms with Crippen LogP contribution in [0, 0.1) is 5.92 Å². The topological polar surface area (TPSA) is 35.5 Å². The summed E-state index contributed by atoms with van der Waals surface area (Å²) in [4.78, 5) is 12.2. The van der Waals surface area contributed by atoms with Gasteiger partial charge in [0.2, 0.25) is 0 Å². The molecule has 0 aromatic heterocycles. The molecule has 0 fully saturated rings. The second kappa shape index (κ2) is 7.80. The Kier molecular flexibility index (Phi) is 6.72. The van der Waals surface area contributed by atoms with Crippen molar-refractivity contribution in [2.24, 2.45) is 5.92 Å². The highest BCUT2D eigenvalue weighted by Crippen LogP contribution is 2.37. The number of halogens is 1. The van der Waals surface area contributed by atoms with Gasteiger partial charge >= 0.3 is 0 Å². The number of Topliss-reactive ketones (excluding diaryl/α,β-unsaturated/α-hetero) is 1. The number of hydrogen-bond acceptors (Lipinski definition) is 4. The molecule has 0 spiro atoms. The average molecular weight is 347 g/mol. The molecule has 0 saturated heterocycles. The first-order chi connectivity index (χ1) is 9.01. The monoisotopic (exact) mass is 346 g/mol. The van der Waals surface area contributed by atoms with Gasteiger partial charge in [-0.3, -0.25) is 4.79 Å². The van der Waals surface area contributed by atoms with Crippen molar-refractivity contribution in [3.05, 3.63) is 22.2 Å². The third kappa shape index (κ3) is 4.42. The van der Waals surface area contributed by atoms with Crippen molar-refractivity contribution in [1.82, 2.24) is 0 Å². The Balaban J connectivity index is 2.88. The number of carbonyl (C=O) groups excluding carboxylic acids is 1. The molecule has 0 bridgehead atoms. The summed E-state index contributed by atoms with van der Waals surface area (Å²) in [6.07, 6.45) is 0. The van der Waals surface area contributed by atoms with E-state index in [4.69, 9.17) is 9.47 Å². The van der Waals surface area contributed by atoms with E-state index < -0.39 is 0 Å². The first kappa shape index (κ1) is 16.4. The Labute approximate surface area is 127 Å². The maximum absolute atomic E-state index is 12.2. The molecular formula is C14H19BrO3S. The summed E-state index contributed by atoms with van der Waals surface area (Å²) in [6, 6.07) is 3.52. The summed E-state index contributed by atoms with van der Waals surface area (Å²) in [5.41, 5.74) is 0.589. The van der Waals surface area contributed by atoms with Gasteiger partial charge in [-0.1, -0.05) is 13.8 Å². The first-order valence-electron chi connectivity index (χ1n) is 6.02. The summed E-state index contributed by atoms with van der Waals surface area (Å²) in [6.45, 7) is 4.28. The molecule has 1 rings (SSSR count). The number of thioether (sulfide) groups is 1. The Hall–Kier alpha value is -0.680. The van der Waals surface area contributed by atoms with Crippen LogP contribution in [-0.2, 0) is 0 Å². The van der Waals surface area contributed by atoms with E-state index in [2.05, 4.69) is 29.8 Å². The highest BCUT2D eigenvalue weighted by atomic mass is 79.9. The van der Waals surface area contributed by atoms with E-state index in [0.29, 0.717) is 33.2 Å². The number of ketones is 1. The lowest BCUT2D eigenvalue weighted by molar-refractivity contribution is 0.101. The van der Waals surface area contributed by atoms with Crippen LogP contribution in [0.15, 0.2) is 16.6 Å². The lowest BCUT2D eigenvalue weighted by atomic mass is 10.1. The lowest BCUT2D eigenvalue weighted by Crippen LogP contribution is -2.07. The maximum atomic E-state index is 12.2. The smallest absolute Gasteiger partial charge is 0.176 e. The van der Waals surface area contributed by atoms with Gasteiger partial charge in [-0.05, 0) is 39.7 Å². The molecule has 0 saturated carbocycles. The molecule has 0 unspecified atom stereocenters. The molecule has 0 aliphatic carbocycles. The number of rotatable bonds is 7. The van der Waals surface area contributed by atoms with Crippen molar-refractivity contribution in [1.29, 1.82) is 0 Å². The van der Waals surface area contributed by atoms with Gasteiger partial charge in [0.1, 0.15) is 16.0 Å². The standard InChI is InChI=1S/C14H19BrO3S/c1-9(2)7-19-8-11(16)10-5-6-12(17-3)13(15)14(10)18-4/h5-6,9H,7-8H2,1-4H3. The van der Waals surface area contributed by atoms with E-state index in [9.17, 15) is 4.79 Å². The van der Waals surface area contributed by atoms with Crippen LogP contribution in [0.5, 0.6) is 11.5 Å². The van der Waals surface area contributed by atoms with Gasteiger partial charge in [0.05, 0.1) is 25.5 Å². The predicted octanol–water partition coefficient (Wildman–Crippen LogP) is 4.04. The van der Waals surface area contributed by atoms with Crippen LogP contribution in [0.3, 0.4) is 0 Å². The largest absolute Gasteiger partial charge is 0.495 e. The molecule has 19 heavy (non-hydrogen) atoms. The Morgan fingerprint density at radius 3 is 2.53 bits per heavy atom. The van der Waals surface area contributed by atoms with Gasteiger partial charge in [0.15, 0.2) is 5.78 Å². The minimum absolute atomic E-state index is 0.0749. The molecule has 0 amide bonds. The van der Waals surface area contributed by atoms with Gasteiger partial charge < -0.3 is 9.47 Å². The first-order valence-corrected chi connectivity index (χ1v) is 7.97. The van der Waals surface area contributed by atoms with Crippen molar-refractivity contribution in [3.8, 4) is 11.5 Å². The van der Waals surface area contributed by atoms with E-state index in [1.165, 1.54) is 0 Å². The number of hydrogen-bond donors (Lipinski definition) is 0. The van der Waals surface area contributed by atoms with Gasteiger partial charge in [-0.2, -0.15) is 11.8 Å². The van der Waals surface area contributed by atoms with Crippen molar-refractivity contribution in [3.63, 3.8) is 0 Å². The van der Waals surface area contributed by atoms with Gasteiger partial charge in [0, 0.05) is 0 Å². The number of carbonyl (C=O) groups is 1. The van der Waals surface area contributed by atoms with Crippen molar-refractivity contribution < 1.29 is 14.3 Å². The summed E-state index contributed by atoms with van der Waals surface area (Å²) in [7, 11) is 3.14. The third-order valence-corrected chi connectivity index (χ3v) is 4.59. The molecule has 5 heteroatoms. The highest BCUT2D eigenvalue weighted by molar-refractivity contribution is 9.10. The van der Waals surface area contributed by atoms with E-state index >= 15 is 0 Å². The third-order valence-electron chi connectivity index (χ3n) is 2.47. The predicted molar refractivity (Wildman–Crippen MR) is 83.7 cm³/mol. The zero-order valence-electron chi connectivity index (χ0n) is 11.7. The van der Waals surface area contributed by atoms with Gasteiger partial charge in [-0.25, -0.2) is 0 Å². The van der Waals surface area contributed by atoms with Gasteiger partial charge in [0.25, 0.3) is 0 Å². The van der Waals surface area contributed by atoms with Crippen molar-refractivity contribution in [2.45, 2.75) is 13.8 Å². The molecule has 3 nitrogen and oxygen atoms in total. The van der Waals surface area contributed by atoms with E-state index in [1.807, 2.05) is 0 Å². The van der Waals surface area contributed by atoms with Crippen LogP contribution < -0.4 is 9.47 Å². The van der Waals surface area contributed by atoms with Crippen LogP contribution in [0.2, 0.25) is 0 Å². The summed E-state index contributed by atoms with van der Waals surface area (Å²) >= 11 is 5.05. The maximum Gasteiger partial charge on any atom is 0.176 e. The second-order valence-electron chi connectivity index (χ2n) is 4.49. The van der Waals surface area contributed by atoms with E-state index in [0.717, 1.165) is 5.75 Å².